The lowest BCUT2D eigenvalue weighted by atomic mass is 10.0. The molecule has 0 aromatic heterocycles. The second-order valence-corrected chi connectivity index (χ2v) is 5.55. The molecule has 0 aliphatic carbocycles. The number of benzene rings is 1. The van der Waals surface area contributed by atoms with Crippen LogP contribution in [0.4, 0.5) is 0 Å². The molecule has 1 rings (SSSR count). The van der Waals surface area contributed by atoms with Crippen LogP contribution < -0.4 is 15.4 Å². The average molecular weight is 449 g/mol. The predicted molar refractivity (Wildman–Crippen MR) is 112 cm³/mol. The van der Waals surface area contributed by atoms with Crippen molar-refractivity contribution in [2.45, 2.75) is 40.0 Å². The Morgan fingerprint density at radius 1 is 1.21 bits per heavy atom. The van der Waals surface area contributed by atoms with Crippen molar-refractivity contribution in [1.29, 1.82) is 0 Å². The van der Waals surface area contributed by atoms with E-state index in [4.69, 9.17) is 4.74 Å². The lowest BCUT2D eigenvalue weighted by molar-refractivity contribution is 0.370. The fourth-order valence-corrected chi connectivity index (χ4v) is 2.36. The highest BCUT2D eigenvalue weighted by molar-refractivity contribution is 14.0. The number of rotatable bonds is 9. The number of methoxy groups -OCH3 is 1. The van der Waals surface area contributed by atoms with E-state index in [0.717, 1.165) is 37.5 Å². The number of hydrogen-bond acceptors (Lipinski definition) is 3. The monoisotopic (exact) mass is 449 g/mol. The molecule has 0 amide bonds. The van der Waals surface area contributed by atoms with Gasteiger partial charge in [-0.15, -0.1) is 24.0 Å². The van der Waals surface area contributed by atoms with Gasteiger partial charge < -0.3 is 20.5 Å². The van der Waals surface area contributed by atoms with Crippen LogP contribution in [0.3, 0.4) is 0 Å². The van der Waals surface area contributed by atoms with Crippen molar-refractivity contribution in [3.8, 4) is 11.5 Å². The molecule has 5 nitrogen and oxygen atoms in total. The van der Waals surface area contributed by atoms with Crippen LogP contribution >= 0.6 is 24.0 Å². The zero-order valence-corrected chi connectivity index (χ0v) is 17.6. The normalized spacial score (nSPS) is 11.1. The van der Waals surface area contributed by atoms with Gasteiger partial charge in [-0.1, -0.05) is 38.8 Å². The molecule has 0 aliphatic rings. The van der Waals surface area contributed by atoms with Gasteiger partial charge in [0, 0.05) is 19.6 Å². The van der Waals surface area contributed by atoms with Gasteiger partial charge in [-0.3, -0.25) is 4.99 Å². The maximum absolute atomic E-state index is 10.1. The van der Waals surface area contributed by atoms with Crippen molar-refractivity contribution in [1.82, 2.24) is 10.6 Å². The molecule has 0 saturated heterocycles. The molecule has 0 bridgehead atoms. The SMILES string of the molecule is CCNC(=NCC(CC)CC)NCCc1cccc(OC)c1O.I. The van der Waals surface area contributed by atoms with Crippen LogP contribution in [0.15, 0.2) is 23.2 Å². The molecule has 0 atom stereocenters. The quantitative estimate of drug-likeness (QED) is 0.307. The van der Waals surface area contributed by atoms with Gasteiger partial charge in [-0.05, 0) is 30.9 Å². The van der Waals surface area contributed by atoms with Crippen LogP contribution in [-0.2, 0) is 6.42 Å². The summed E-state index contributed by atoms with van der Waals surface area (Å²) in [4.78, 5) is 4.65. The third-order valence-corrected chi connectivity index (χ3v) is 4.00. The van der Waals surface area contributed by atoms with Crippen molar-refractivity contribution in [2.75, 3.05) is 26.7 Å². The molecule has 6 heteroatoms. The minimum atomic E-state index is 0. The van der Waals surface area contributed by atoms with E-state index in [1.807, 2.05) is 12.1 Å². The van der Waals surface area contributed by atoms with Crippen LogP contribution in [0.1, 0.15) is 39.2 Å². The van der Waals surface area contributed by atoms with Crippen LogP contribution in [0.25, 0.3) is 0 Å². The summed E-state index contributed by atoms with van der Waals surface area (Å²) >= 11 is 0. The molecule has 3 N–H and O–H groups in total. The minimum absolute atomic E-state index is 0. The van der Waals surface area contributed by atoms with E-state index in [0.29, 0.717) is 24.6 Å². The molecule has 24 heavy (non-hydrogen) atoms. The minimum Gasteiger partial charge on any atom is -0.504 e. The van der Waals surface area contributed by atoms with Crippen molar-refractivity contribution in [3.05, 3.63) is 23.8 Å². The van der Waals surface area contributed by atoms with Crippen molar-refractivity contribution < 1.29 is 9.84 Å². The summed E-state index contributed by atoms with van der Waals surface area (Å²) in [5.74, 6) is 2.20. The Kier molecular flexibility index (Phi) is 12.5. The van der Waals surface area contributed by atoms with E-state index in [1.54, 1.807) is 13.2 Å². The zero-order chi connectivity index (χ0) is 17.1. The predicted octanol–water partition coefficient (Wildman–Crippen LogP) is 3.55. The number of aliphatic imine (C=N–C) groups is 1. The molecule has 0 fully saturated rings. The number of nitrogens with one attached hydrogen (secondary N) is 2. The number of hydrogen-bond donors (Lipinski definition) is 3. The molecule has 138 valence electrons. The highest BCUT2D eigenvalue weighted by Crippen LogP contribution is 2.29. The fourth-order valence-electron chi connectivity index (χ4n) is 2.36. The Balaban J connectivity index is 0.00000529. The molecule has 0 spiro atoms. The molecule has 0 radical (unpaired) electrons. The van der Waals surface area contributed by atoms with Crippen molar-refractivity contribution in [2.24, 2.45) is 10.9 Å². The highest BCUT2D eigenvalue weighted by atomic mass is 127. The summed E-state index contributed by atoms with van der Waals surface area (Å²) in [7, 11) is 1.56. The Morgan fingerprint density at radius 3 is 2.50 bits per heavy atom. The smallest absolute Gasteiger partial charge is 0.191 e. The largest absolute Gasteiger partial charge is 0.504 e. The van der Waals surface area contributed by atoms with E-state index >= 15 is 0 Å². The van der Waals surface area contributed by atoms with Gasteiger partial charge in [0.25, 0.3) is 0 Å². The fraction of sp³-hybridized carbons (Fsp3) is 0.611. The van der Waals surface area contributed by atoms with Gasteiger partial charge in [0.1, 0.15) is 0 Å². The first kappa shape index (κ1) is 22.8. The number of phenolic OH excluding ortho intramolecular Hbond substituents is 1. The molecule has 0 saturated carbocycles. The third-order valence-electron chi connectivity index (χ3n) is 4.00. The van der Waals surface area contributed by atoms with E-state index in [-0.39, 0.29) is 29.7 Å². The van der Waals surface area contributed by atoms with E-state index in [1.165, 1.54) is 0 Å². The van der Waals surface area contributed by atoms with E-state index < -0.39 is 0 Å². The van der Waals surface area contributed by atoms with Crippen LogP contribution in [-0.4, -0.2) is 37.8 Å². The summed E-state index contributed by atoms with van der Waals surface area (Å²) in [5.41, 5.74) is 0.868. The van der Waals surface area contributed by atoms with Gasteiger partial charge in [-0.25, -0.2) is 0 Å². The summed E-state index contributed by atoms with van der Waals surface area (Å²) in [6, 6.07) is 5.56. The number of para-hydroxylation sites is 1. The second-order valence-electron chi connectivity index (χ2n) is 5.55. The van der Waals surface area contributed by atoms with Gasteiger partial charge in [0.2, 0.25) is 0 Å². The van der Waals surface area contributed by atoms with Gasteiger partial charge >= 0.3 is 0 Å². The maximum atomic E-state index is 10.1. The molecule has 1 aromatic carbocycles. The average Bonchev–Trinajstić information content (AvgIpc) is 2.57. The number of aromatic hydroxyl groups is 1. The maximum Gasteiger partial charge on any atom is 0.191 e. The standard InChI is InChI=1S/C18H31N3O2.HI/c1-5-14(6-2)13-21-18(19-7-3)20-12-11-15-9-8-10-16(23-4)17(15)22;/h8-10,14,22H,5-7,11-13H2,1-4H3,(H2,19,20,21);1H. The van der Waals surface area contributed by atoms with Crippen molar-refractivity contribution >= 4 is 29.9 Å². The molecule has 0 heterocycles. The van der Waals surface area contributed by atoms with Gasteiger partial charge in [0.05, 0.1) is 7.11 Å². The van der Waals surface area contributed by atoms with Gasteiger partial charge in [-0.2, -0.15) is 0 Å². The summed E-state index contributed by atoms with van der Waals surface area (Å²) in [6.45, 7) is 8.84. The molecule has 1 aromatic rings. The van der Waals surface area contributed by atoms with E-state index in [9.17, 15) is 5.11 Å². The number of nitrogens with zero attached hydrogens (tertiary/aromatic N) is 1. The first-order valence-corrected chi connectivity index (χ1v) is 8.53. The molecule has 0 unspecified atom stereocenters. The summed E-state index contributed by atoms with van der Waals surface area (Å²) in [5, 5.41) is 16.7. The Bertz CT molecular complexity index is 491. The summed E-state index contributed by atoms with van der Waals surface area (Å²) < 4.78 is 5.13. The number of guanidine groups is 1. The number of halogens is 1. The number of ether oxygens (including phenoxy) is 1. The van der Waals surface area contributed by atoms with Crippen LogP contribution in [0.5, 0.6) is 11.5 Å². The number of phenols is 1. The van der Waals surface area contributed by atoms with Gasteiger partial charge in [0.15, 0.2) is 17.5 Å². The summed E-state index contributed by atoms with van der Waals surface area (Å²) in [6.07, 6.45) is 3.01. The van der Waals surface area contributed by atoms with E-state index in [2.05, 4.69) is 36.4 Å². The Labute approximate surface area is 163 Å². The highest BCUT2D eigenvalue weighted by Gasteiger charge is 2.08. The Hall–Kier alpha value is -1.18. The first-order chi connectivity index (χ1) is 11.2. The Morgan fingerprint density at radius 2 is 1.92 bits per heavy atom. The van der Waals surface area contributed by atoms with Crippen LogP contribution in [0, 0.1) is 5.92 Å². The molecular weight excluding hydrogens is 417 g/mol. The molecular formula is C18H32IN3O2. The van der Waals surface area contributed by atoms with Crippen molar-refractivity contribution in [3.63, 3.8) is 0 Å². The zero-order valence-electron chi connectivity index (χ0n) is 15.3. The third kappa shape index (κ3) is 7.59. The topological polar surface area (TPSA) is 65.9 Å². The lowest BCUT2D eigenvalue weighted by Crippen LogP contribution is -2.38. The second kappa shape index (κ2) is 13.1. The lowest BCUT2D eigenvalue weighted by Gasteiger charge is -2.14. The molecule has 0 aliphatic heterocycles. The van der Waals surface area contributed by atoms with Crippen LogP contribution in [0.2, 0.25) is 0 Å². The first-order valence-electron chi connectivity index (χ1n) is 8.53.